The van der Waals surface area contributed by atoms with E-state index in [1.165, 1.54) is 0 Å². The van der Waals surface area contributed by atoms with E-state index in [-0.39, 0.29) is 6.10 Å². The van der Waals surface area contributed by atoms with Crippen LogP contribution in [0.1, 0.15) is 20.8 Å². The quantitative estimate of drug-likeness (QED) is 0.633. The van der Waals surface area contributed by atoms with Crippen molar-refractivity contribution in [2.24, 2.45) is 0 Å². The van der Waals surface area contributed by atoms with Gasteiger partial charge in [-0.2, -0.15) is 0 Å². The Morgan fingerprint density at radius 3 is 2.67 bits per heavy atom. The Labute approximate surface area is 73.0 Å². The molecule has 70 valence electrons. The zero-order chi connectivity index (χ0) is 9.19. The van der Waals surface area contributed by atoms with Gasteiger partial charge in [-0.15, -0.1) is 0 Å². The minimum atomic E-state index is -0.559. The van der Waals surface area contributed by atoms with Crippen LogP contribution in [0.3, 0.4) is 0 Å². The van der Waals surface area contributed by atoms with Gasteiger partial charge in [0.1, 0.15) is 12.2 Å². The summed E-state index contributed by atoms with van der Waals surface area (Å²) in [5, 5.41) is 9.49. The van der Waals surface area contributed by atoms with Crippen molar-refractivity contribution in [3.05, 3.63) is 12.2 Å². The molecular formula is C9H16O3. The lowest BCUT2D eigenvalue weighted by Gasteiger charge is -2.18. The summed E-state index contributed by atoms with van der Waals surface area (Å²) >= 11 is 0. The molecule has 0 aromatic carbocycles. The molecule has 3 heteroatoms. The predicted molar refractivity (Wildman–Crippen MR) is 45.7 cm³/mol. The third-order valence-corrected chi connectivity index (χ3v) is 1.80. The summed E-state index contributed by atoms with van der Waals surface area (Å²) in [6.07, 6.45) is 2.72. The lowest BCUT2D eigenvalue weighted by Crippen LogP contribution is -2.29. The van der Waals surface area contributed by atoms with Crippen LogP contribution in [0.4, 0.5) is 0 Å². The molecule has 12 heavy (non-hydrogen) atoms. The number of aliphatic hydroxyl groups is 1. The van der Waals surface area contributed by atoms with Crippen LogP contribution in [0.5, 0.6) is 0 Å². The Morgan fingerprint density at radius 2 is 2.25 bits per heavy atom. The Kier molecular flexibility index (Phi) is 2.88. The normalized spacial score (nSPS) is 31.2. The van der Waals surface area contributed by atoms with Crippen LogP contribution in [0.15, 0.2) is 12.2 Å². The van der Waals surface area contributed by atoms with Crippen molar-refractivity contribution >= 4 is 0 Å². The van der Waals surface area contributed by atoms with Gasteiger partial charge >= 0.3 is 0 Å². The van der Waals surface area contributed by atoms with E-state index >= 15 is 0 Å². The van der Waals surface area contributed by atoms with E-state index < -0.39 is 11.9 Å². The summed E-state index contributed by atoms with van der Waals surface area (Å²) in [4.78, 5) is 0. The van der Waals surface area contributed by atoms with Crippen molar-refractivity contribution in [1.29, 1.82) is 0 Å². The second-order valence-electron chi connectivity index (χ2n) is 3.38. The summed E-state index contributed by atoms with van der Waals surface area (Å²) in [5.41, 5.74) is 0. The van der Waals surface area contributed by atoms with Gasteiger partial charge in [0.2, 0.25) is 0 Å². The fourth-order valence-corrected chi connectivity index (χ4v) is 1.20. The molecule has 1 aliphatic rings. The highest BCUT2D eigenvalue weighted by Crippen LogP contribution is 2.24. The molecule has 0 radical (unpaired) electrons. The molecular weight excluding hydrogens is 156 g/mol. The highest BCUT2D eigenvalue weighted by Gasteiger charge is 2.35. The lowest BCUT2D eigenvalue weighted by molar-refractivity contribution is -0.147. The molecule has 1 N–H and O–H groups in total. The van der Waals surface area contributed by atoms with E-state index in [0.717, 1.165) is 0 Å². The molecule has 0 unspecified atom stereocenters. The molecule has 0 amide bonds. The molecule has 3 nitrogen and oxygen atoms in total. The third kappa shape index (κ3) is 2.30. The molecule has 0 bridgehead atoms. The fraction of sp³-hybridized carbons (Fsp3) is 0.778. The summed E-state index contributed by atoms with van der Waals surface area (Å²) in [6, 6.07) is 0. The maximum atomic E-state index is 9.49. The van der Waals surface area contributed by atoms with Crippen LogP contribution >= 0.6 is 0 Å². The topological polar surface area (TPSA) is 38.7 Å². The fourth-order valence-electron chi connectivity index (χ4n) is 1.20. The van der Waals surface area contributed by atoms with Gasteiger partial charge in [-0.25, -0.2) is 0 Å². The van der Waals surface area contributed by atoms with Crippen molar-refractivity contribution in [1.82, 2.24) is 0 Å². The Morgan fingerprint density at radius 1 is 1.58 bits per heavy atom. The maximum absolute atomic E-state index is 9.49. The van der Waals surface area contributed by atoms with Crippen molar-refractivity contribution in [2.45, 2.75) is 38.8 Å². The van der Waals surface area contributed by atoms with Gasteiger partial charge < -0.3 is 14.6 Å². The van der Waals surface area contributed by atoms with Crippen molar-refractivity contribution < 1.29 is 14.6 Å². The molecule has 1 heterocycles. The standard InChI is InChI=1S/C9H16O3/c1-4-5-7(10)8-6-11-9(2,3)12-8/h4-5,7-8,10H,6H2,1-3H3/b5-4+/t7-,8+/m1/s1. The largest absolute Gasteiger partial charge is 0.386 e. The maximum Gasteiger partial charge on any atom is 0.163 e. The van der Waals surface area contributed by atoms with Crippen LogP contribution in [0.25, 0.3) is 0 Å². The summed E-state index contributed by atoms with van der Waals surface area (Å²) in [7, 11) is 0. The average molecular weight is 172 g/mol. The Balaban J connectivity index is 2.46. The Bertz CT molecular complexity index is 175. The smallest absolute Gasteiger partial charge is 0.163 e. The van der Waals surface area contributed by atoms with Crippen LogP contribution < -0.4 is 0 Å². The SMILES string of the molecule is C/C=C/[C@@H](O)[C@@H]1COC(C)(C)O1. The van der Waals surface area contributed by atoms with E-state index in [2.05, 4.69) is 0 Å². The first-order valence-electron chi connectivity index (χ1n) is 4.18. The number of hydrogen-bond acceptors (Lipinski definition) is 3. The first kappa shape index (κ1) is 9.71. The summed E-state index contributed by atoms with van der Waals surface area (Å²) in [6.45, 7) is 6.01. The molecule has 1 rings (SSSR count). The molecule has 0 aromatic rings. The second kappa shape index (κ2) is 3.56. The summed E-state index contributed by atoms with van der Waals surface area (Å²) < 4.78 is 10.7. The predicted octanol–water partition coefficient (Wildman–Crippen LogP) is 1.07. The minimum absolute atomic E-state index is 0.226. The number of hydrogen-bond donors (Lipinski definition) is 1. The van der Waals surface area contributed by atoms with Crippen LogP contribution in [-0.4, -0.2) is 29.7 Å². The van der Waals surface area contributed by atoms with Crippen LogP contribution in [-0.2, 0) is 9.47 Å². The number of aliphatic hydroxyl groups excluding tert-OH is 1. The van der Waals surface area contributed by atoms with Crippen molar-refractivity contribution in [3.8, 4) is 0 Å². The highest BCUT2D eigenvalue weighted by molar-refractivity contribution is 4.92. The van der Waals surface area contributed by atoms with Crippen molar-refractivity contribution in [2.75, 3.05) is 6.61 Å². The highest BCUT2D eigenvalue weighted by atomic mass is 16.7. The number of allylic oxidation sites excluding steroid dienone is 1. The molecule has 0 spiro atoms. The van der Waals surface area contributed by atoms with Gasteiger partial charge in [-0.05, 0) is 20.8 Å². The van der Waals surface area contributed by atoms with E-state index in [0.29, 0.717) is 6.61 Å². The third-order valence-electron chi connectivity index (χ3n) is 1.80. The second-order valence-corrected chi connectivity index (χ2v) is 3.38. The van der Waals surface area contributed by atoms with Gasteiger partial charge in [0, 0.05) is 0 Å². The van der Waals surface area contributed by atoms with Gasteiger partial charge in [-0.1, -0.05) is 12.2 Å². The first-order valence-corrected chi connectivity index (χ1v) is 4.18. The van der Waals surface area contributed by atoms with Gasteiger partial charge in [0.15, 0.2) is 5.79 Å². The molecule has 0 aliphatic carbocycles. The summed E-state index contributed by atoms with van der Waals surface area (Å²) in [5.74, 6) is -0.548. The number of rotatable bonds is 2. The molecule has 0 aromatic heterocycles. The molecule has 1 aliphatic heterocycles. The molecule has 2 atom stereocenters. The van der Waals surface area contributed by atoms with Gasteiger partial charge in [-0.3, -0.25) is 0 Å². The van der Waals surface area contributed by atoms with E-state index in [4.69, 9.17) is 9.47 Å². The zero-order valence-electron chi connectivity index (χ0n) is 7.78. The van der Waals surface area contributed by atoms with E-state index in [1.54, 1.807) is 12.2 Å². The van der Waals surface area contributed by atoms with Crippen molar-refractivity contribution in [3.63, 3.8) is 0 Å². The Hall–Kier alpha value is -0.380. The van der Waals surface area contributed by atoms with Gasteiger partial charge in [0.25, 0.3) is 0 Å². The van der Waals surface area contributed by atoms with E-state index in [1.807, 2.05) is 20.8 Å². The van der Waals surface area contributed by atoms with Crippen LogP contribution in [0, 0.1) is 0 Å². The van der Waals surface area contributed by atoms with Gasteiger partial charge in [0.05, 0.1) is 6.61 Å². The average Bonchev–Trinajstić information content (AvgIpc) is 2.31. The minimum Gasteiger partial charge on any atom is -0.386 e. The molecule has 0 saturated carbocycles. The number of ether oxygens (including phenoxy) is 2. The van der Waals surface area contributed by atoms with E-state index in [9.17, 15) is 5.11 Å². The first-order chi connectivity index (χ1) is 5.55. The monoisotopic (exact) mass is 172 g/mol. The lowest BCUT2D eigenvalue weighted by atomic mass is 10.2. The molecule has 1 saturated heterocycles. The van der Waals surface area contributed by atoms with Crippen LogP contribution in [0.2, 0.25) is 0 Å². The zero-order valence-corrected chi connectivity index (χ0v) is 7.78. The molecule has 1 fully saturated rings.